The van der Waals surface area contributed by atoms with E-state index >= 15 is 0 Å². The normalized spacial score (nSPS) is 12.3. The molecule has 5 nitrogen and oxygen atoms in total. The third kappa shape index (κ3) is 4.13. The molecule has 0 saturated heterocycles. The SMILES string of the molecule is COc1ccc(OC)c(C(C)N(C)CCC(=O)O)c1. The molecular weight excluding hydrogens is 246 g/mol. The number of carboxylic acids is 1. The van der Waals surface area contributed by atoms with Gasteiger partial charge in [0.15, 0.2) is 0 Å². The van der Waals surface area contributed by atoms with E-state index in [0.717, 1.165) is 17.1 Å². The lowest BCUT2D eigenvalue weighted by Gasteiger charge is -2.26. The summed E-state index contributed by atoms with van der Waals surface area (Å²) in [6, 6.07) is 5.66. The number of carboxylic acid groups (broad SMARTS) is 1. The summed E-state index contributed by atoms with van der Waals surface area (Å²) in [4.78, 5) is 12.6. The highest BCUT2D eigenvalue weighted by atomic mass is 16.5. The van der Waals surface area contributed by atoms with Crippen LogP contribution in [0.4, 0.5) is 0 Å². The molecule has 0 aromatic heterocycles. The van der Waals surface area contributed by atoms with Crippen molar-refractivity contribution in [1.29, 1.82) is 0 Å². The summed E-state index contributed by atoms with van der Waals surface area (Å²) in [5.41, 5.74) is 0.981. The van der Waals surface area contributed by atoms with Crippen molar-refractivity contribution in [2.45, 2.75) is 19.4 Å². The van der Waals surface area contributed by atoms with Gasteiger partial charge in [0.1, 0.15) is 11.5 Å². The fraction of sp³-hybridized carbons (Fsp3) is 0.500. The van der Waals surface area contributed by atoms with Gasteiger partial charge in [-0.15, -0.1) is 0 Å². The second-order valence-corrected chi connectivity index (χ2v) is 4.41. The van der Waals surface area contributed by atoms with Gasteiger partial charge >= 0.3 is 5.97 Å². The molecule has 0 aliphatic heterocycles. The van der Waals surface area contributed by atoms with Crippen LogP contribution >= 0.6 is 0 Å². The summed E-state index contributed by atoms with van der Waals surface area (Å²) in [5, 5.41) is 8.73. The van der Waals surface area contributed by atoms with Gasteiger partial charge in [-0.3, -0.25) is 9.69 Å². The third-order valence-corrected chi connectivity index (χ3v) is 3.23. The predicted octanol–water partition coefficient (Wildman–Crippen LogP) is 2.17. The van der Waals surface area contributed by atoms with E-state index in [2.05, 4.69) is 0 Å². The zero-order valence-corrected chi connectivity index (χ0v) is 11.8. The Labute approximate surface area is 113 Å². The average molecular weight is 267 g/mol. The van der Waals surface area contributed by atoms with E-state index in [9.17, 15) is 4.79 Å². The molecule has 0 aliphatic carbocycles. The average Bonchev–Trinajstić information content (AvgIpc) is 2.42. The Balaban J connectivity index is 2.89. The van der Waals surface area contributed by atoms with E-state index in [1.165, 1.54) is 0 Å². The van der Waals surface area contributed by atoms with Crippen molar-refractivity contribution in [2.24, 2.45) is 0 Å². The highest BCUT2D eigenvalue weighted by Gasteiger charge is 2.17. The summed E-state index contributed by atoms with van der Waals surface area (Å²) >= 11 is 0. The Hall–Kier alpha value is -1.75. The number of aliphatic carboxylic acids is 1. The maximum absolute atomic E-state index is 10.6. The van der Waals surface area contributed by atoms with E-state index in [1.54, 1.807) is 14.2 Å². The van der Waals surface area contributed by atoms with Gasteiger partial charge in [0.2, 0.25) is 0 Å². The van der Waals surface area contributed by atoms with Crippen molar-refractivity contribution >= 4 is 5.97 Å². The highest BCUT2D eigenvalue weighted by Crippen LogP contribution is 2.31. The second-order valence-electron chi connectivity index (χ2n) is 4.41. The molecule has 0 fully saturated rings. The Morgan fingerprint density at radius 3 is 2.58 bits per heavy atom. The van der Waals surface area contributed by atoms with Crippen molar-refractivity contribution in [1.82, 2.24) is 4.90 Å². The van der Waals surface area contributed by atoms with E-state index in [0.29, 0.717) is 6.54 Å². The zero-order chi connectivity index (χ0) is 14.4. The van der Waals surface area contributed by atoms with E-state index < -0.39 is 5.97 Å². The van der Waals surface area contributed by atoms with Gasteiger partial charge in [0, 0.05) is 18.2 Å². The number of hydrogen-bond acceptors (Lipinski definition) is 4. The second kappa shape index (κ2) is 6.99. The fourth-order valence-corrected chi connectivity index (χ4v) is 1.87. The molecule has 1 aromatic rings. The summed E-state index contributed by atoms with van der Waals surface area (Å²) in [6.07, 6.45) is 0.118. The van der Waals surface area contributed by atoms with Gasteiger partial charge < -0.3 is 14.6 Å². The molecule has 106 valence electrons. The minimum absolute atomic E-state index is 0.0457. The van der Waals surface area contributed by atoms with E-state index in [-0.39, 0.29) is 12.5 Å². The van der Waals surface area contributed by atoms with E-state index in [1.807, 2.05) is 37.1 Å². The number of rotatable bonds is 7. The van der Waals surface area contributed by atoms with Crippen LogP contribution in [0.25, 0.3) is 0 Å². The maximum Gasteiger partial charge on any atom is 0.304 e. The van der Waals surface area contributed by atoms with Crippen LogP contribution in [0.2, 0.25) is 0 Å². The number of ether oxygens (including phenoxy) is 2. The first-order valence-electron chi connectivity index (χ1n) is 6.13. The Morgan fingerprint density at radius 1 is 1.37 bits per heavy atom. The van der Waals surface area contributed by atoms with Crippen LogP contribution < -0.4 is 9.47 Å². The first-order valence-corrected chi connectivity index (χ1v) is 6.13. The first kappa shape index (κ1) is 15.3. The van der Waals surface area contributed by atoms with Gasteiger partial charge in [0.25, 0.3) is 0 Å². The molecule has 0 amide bonds. The topological polar surface area (TPSA) is 59.0 Å². The smallest absolute Gasteiger partial charge is 0.304 e. The van der Waals surface area contributed by atoms with Gasteiger partial charge in [-0.25, -0.2) is 0 Å². The van der Waals surface area contributed by atoms with Crippen LogP contribution in [-0.4, -0.2) is 43.8 Å². The number of nitrogens with zero attached hydrogens (tertiary/aromatic N) is 1. The monoisotopic (exact) mass is 267 g/mol. The van der Waals surface area contributed by atoms with Crippen LogP contribution in [-0.2, 0) is 4.79 Å². The Morgan fingerprint density at radius 2 is 2.05 bits per heavy atom. The summed E-state index contributed by atoms with van der Waals surface area (Å²) in [5.74, 6) is 0.737. The van der Waals surface area contributed by atoms with Crippen LogP contribution in [0.3, 0.4) is 0 Å². The third-order valence-electron chi connectivity index (χ3n) is 3.23. The van der Waals surface area contributed by atoms with Crippen molar-refractivity contribution in [3.63, 3.8) is 0 Å². The molecule has 0 radical (unpaired) electrons. The standard InChI is InChI=1S/C14H21NO4/c1-10(15(2)8-7-14(16)17)12-9-11(18-3)5-6-13(12)19-4/h5-6,9-10H,7-8H2,1-4H3,(H,16,17). The Bertz CT molecular complexity index is 433. The minimum atomic E-state index is -0.795. The van der Waals surface area contributed by atoms with Crippen LogP contribution in [0, 0.1) is 0 Å². The molecule has 0 aliphatic rings. The molecule has 0 heterocycles. The van der Waals surface area contributed by atoms with Crippen LogP contribution in [0.1, 0.15) is 24.9 Å². The van der Waals surface area contributed by atoms with Gasteiger partial charge in [-0.2, -0.15) is 0 Å². The number of benzene rings is 1. The molecule has 1 unspecified atom stereocenters. The highest BCUT2D eigenvalue weighted by molar-refractivity contribution is 5.66. The van der Waals surface area contributed by atoms with Gasteiger partial charge in [-0.1, -0.05) is 0 Å². The quantitative estimate of drug-likeness (QED) is 0.820. The predicted molar refractivity (Wildman–Crippen MR) is 72.8 cm³/mol. The van der Waals surface area contributed by atoms with Crippen molar-refractivity contribution in [3.05, 3.63) is 23.8 Å². The molecule has 1 N–H and O–H groups in total. The molecule has 1 rings (SSSR count). The van der Waals surface area contributed by atoms with Gasteiger partial charge in [0.05, 0.1) is 20.6 Å². The van der Waals surface area contributed by atoms with Gasteiger partial charge in [-0.05, 0) is 32.2 Å². The lowest BCUT2D eigenvalue weighted by molar-refractivity contribution is -0.137. The number of hydrogen-bond donors (Lipinski definition) is 1. The van der Waals surface area contributed by atoms with Crippen molar-refractivity contribution in [3.8, 4) is 11.5 Å². The minimum Gasteiger partial charge on any atom is -0.497 e. The molecule has 5 heteroatoms. The van der Waals surface area contributed by atoms with Crippen LogP contribution in [0.5, 0.6) is 11.5 Å². The molecule has 0 saturated carbocycles. The molecular formula is C14H21NO4. The summed E-state index contributed by atoms with van der Waals surface area (Å²) < 4.78 is 10.6. The first-order chi connectivity index (χ1) is 8.99. The van der Waals surface area contributed by atoms with Crippen molar-refractivity contribution in [2.75, 3.05) is 27.8 Å². The molecule has 0 bridgehead atoms. The largest absolute Gasteiger partial charge is 0.497 e. The number of carbonyl (C=O) groups is 1. The van der Waals surface area contributed by atoms with Crippen LogP contribution in [0.15, 0.2) is 18.2 Å². The maximum atomic E-state index is 10.6. The lowest BCUT2D eigenvalue weighted by atomic mass is 10.1. The molecule has 1 aromatic carbocycles. The fourth-order valence-electron chi connectivity index (χ4n) is 1.87. The summed E-state index contributed by atoms with van der Waals surface area (Å²) in [7, 11) is 5.13. The summed E-state index contributed by atoms with van der Waals surface area (Å²) in [6.45, 7) is 2.50. The molecule has 0 spiro atoms. The molecule has 19 heavy (non-hydrogen) atoms. The zero-order valence-electron chi connectivity index (χ0n) is 11.8. The lowest BCUT2D eigenvalue weighted by Crippen LogP contribution is -2.25. The Kier molecular flexibility index (Phi) is 5.63. The number of methoxy groups -OCH3 is 2. The molecule has 1 atom stereocenters. The van der Waals surface area contributed by atoms with Crippen molar-refractivity contribution < 1.29 is 19.4 Å². The van der Waals surface area contributed by atoms with E-state index in [4.69, 9.17) is 14.6 Å².